The molecule has 1 atom stereocenters. The van der Waals surface area contributed by atoms with E-state index in [1.54, 1.807) is 12.1 Å². The quantitative estimate of drug-likeness (QED) is 0.522. The molecule has 5 N–H and O–H groups in total. The molecule has 0 radical (unpaired) electrons. The van der Waals surface area contributed by atoms with Crippen molar-refractivity contribution >= 4 is 11.9 Å². The highest BCUT2D eigenvalue weighted by Crippen LogP contribution is 2.11. The molecule has 0 saturated heterocycles. The Morgan fingerprint density at radius 1 is 1.20 bits per heavy atom. The van der Waals surface area contributed by atoms with Gasteiger partial charge < -0.3 is 21.3 Å². The first kappa shape index (κ1) is 16.0. The van der Waals surface area contributed by atoms with Gasteiger partial charge in [-0.3, -0.25) is 4.79 Å². The number of phenols is 1. The molecule has 1 amide bonds. The number of aliphatic carboxylic acids is 1. The number of aromatic hydroxyl groups is 1. The van der Waals surface area contributed by atoms with E-state index in [0.29, 0.717) is 13.0 Å². The maximum Gasteiger partial charge on any atom is 0.326 e. The lowest BCUT2D eigenvalue weighted by molar-refractivity contribution is -0.141. The number of hydrogen-bond donors (Lipinski definition) is 4. The fraction of sp³-hybridized carbons (Fsp3) is 0.429. The Morgan fingerprint density at radius 2 is 1.85 bits per heavy atom. The molecule has 6 nitrogen and oxygen atoms in total. The average Bonchev–Trinajstić information content (AvgIpc) is 2.40. The van der Waals surface area contributed by atoms with Crippen LogP contribution in [0.25, 0.3) is 0 Å². The predicted octanol–water partition coefficient (Wildman–Crippen LogP) is 0.633. The zero-order valence-corrected chi connectivity index (χ0v) is 11.2. The monoisotopic (exact) mass is 280 g/mol. The predicted molar refractivity (Wildman–Crippen MR) is 74.3 cm³/mol. The van der Waals surface area contributed by atoms with Crippen molar-refractivity contribution in [3.8, 4) is 5.75 Å². The Labute approximate surface area is 117 Å². The molecule has 1 aromatic carbocycles. The molecule has 0 heterocycles. The smallest absolute Gasteiger partial charge is 0.326 e. The summed E-state index contributed by atoms with van der Waals surface area (Å²) in [5.41, 5.74) is 6.07. The third-order valence-electron chi connectivity index (χ3n) is 2.87. The first-order valence-electron chi connectivity index (χ1n) is 6.53. The van der Waals surface area contributed by atoms with Gasteiger partial charge in [-0.15, -0.1) is 0 Å². The molecule has 0 bridgehead atoms. The summed E-state index contributed by atoms with van der Waals surface area (Å²) in [6.07, 6.45) is 1.84. The molecular formula is C14H20N2O4. The van der Waals surface area contributed by atoms with E-state index < -0.39 is 12.0 Å². The molecule has 0 aliphatic rings. The lowest BCUT2D eigenvalue weighted by Gasteiger charge is -2.14. The van der Waals surface area contributed by atoms with Gasteiger partial charge in [-0.1, -0.05) is 12.1 Å². The Balaban J connectivity index is 2.54. The van der Waals surface area contributed by atoms with Crippen molar-refractivity contribution in [1.82, 2.24) is 5.32 Å². The summed E-state index contributed by atoms with van der Waals surface area (Å²) in [5, 5.41) is 20.8. The van der Waals surface area contributed by atoms with Gasteiger partial charge in [-0.05, 0) is 37.1 Å². The highest BCUT2D eigenvalue weighted by Gasteiger charge is 2.20. The Kier molecular flexibility index (Phi) is 6.52. The van der Waals surface area contributed by atoms with Crippen molar-refractivity contribution in [3.63, 3.8) is 0 Å². The molecule has 0 fully saturated rings. The lowest BCUT2D eigenvalue weighted by atomic mass is 10.1. The first-order valence-corrected chi connectivity index (χ1v) is 6.53. The number of carbonyl (C=O) groups excluding carboxylic acids is 1. The second-order valence-electron chi connectivity index (χ2n) is 4.57. The number of unbranched alkanes of at least 4 members (excludes halogenated alkanes) is 1. The van der Waals surface area contributed by atoms with Crippen LogP contribution >= 0.6 is 0 Å². The van der Waals surface area contributed by atoms with E-state index in [-0.39, 0.29) is 24.5 Å². The lowest BCUT2D eigenvalue weighted by Crippen LogP contribution is -2.42. The zero-order chi connectivity index (χ0) is 15.0. The molecule has 0 spiro atoms. The molecule has 0 unspecified atom stereocenters. The van der Waals surface area contributed by atoms with Crippen molar-refractivity contribution < 1.29 is 19.8 Å². The summed E-state index contributed by atoms with van der Waals surface area (Å²) in [5.74, 6) is -1.25. The van der Waals surface area contributed by atoms with Gasteiger partial charge in [0.25, 0.3) is 0 Å². The molecule has 110 valence electrons. The van der Waals surface area contributed by atoms with Crippen LogP contribution in [0, 0.1) is 0 Å². The largest absolute Gasteiger partial charge is 0.508 e. The molecule has 1 rings (SSSR count). The minimum atomic E-state index is -1.08. The van der Waals surface area contributed by atoms with Crippen molar-refractivity contribution in [1.29, 1.82) is 0 Å². The van der Waals surface area contributed by atoms with E-state index in [2.05, 4.69) is 5.32 Å². The van der Waals surface area contributed by atoms with E-state index in [1.165, 1.54) is 12.1 Å². The third-order valence-corrected chi connectivity index (χ3v) is 2.87. The number of carboxylic acids is 1. The summed E-state index contributed by atoms with van der Waals surface area (Å²) in [4.78, 5) is 22.8. The number of phenolic OH excluding ortho intramolecular Hbond substituents is 1. The zero-order valence-electron chi connectivity index (χ0n) is 11.2. The maximum atomic E-state index is 11.6. The topological polar surface area (TPSA) is 113 Å². The average molecular weight is 280 g/mol. The summed E-state index contributed by atoms with van der Waals surface area (Å²) >= 11 is 0. The van der Waals surface area contributed by atoms with Gasteiger partial charge in [-0.2, -0.15) is 0 Å². The van der Waals surface area contributed by atoms with Crippen LogP contribution in [0.4, 0.5) is 0 Å². The second-order valence-corrected chi connectivity index (χ2v) is 4.57. The summed E-state index contributed by atoms with van der Waals surface area (Å²) in [7, 11) is 0. The normalized spacial score (nSPS) is 11.8. The van der Waals surface area contributed by atoms with Gasteiger partial charge in [0, 0.05) is 12.8 Å². The molecule has 0 aliphatic heterocycles. The summed E-state index contributed by atoms with van der Waals surface area (Å²) in [6.45, 7) is 0.517. The van der Waals surface area contributed by atoms with E-state index in [9.17, 15) is 9.59 Å². The molecule has 0 aromatic heterocycles. The molecule has 0 saturated carbocycles. The number of nitrogens with one attached hydrogen (secondary N) is 1. The Hall–Kier alpha value is -2.08. The molecule has 6 heteroatoms. The second kappa shape index (κ2) is 8.16. The van der Waals surface area contributed by atoms with Gasteiger partial charge >= 0.3 is 5.97 Å². The summed E-state index contributed by atoms with van der Waals surface area (Å²) < 4.78 is 0. The Bertz CT molecular complexity index is 445. The van der Waals surface area contributed by atoms with Crippen LogP contribution in [0.1, 0.15) is 24.8 Å². The fourth-order valence-electron chi connectivity index (χ4n) is 1.76. The van der Waals surface area contributed by atoms with E-state index in [1.807, 2.05) is 0 Å². The van der Waals surface area contributed by atoms with Crippen LogP contribution in [0.3, 0.4) is 0 Å². The van der Waals surface area contributed by atoms with Gasteiger partial charge in [0.1, 0.15) is 11.8 Å². The number of carbonyl (C=O) groups is 2. The number of carboxylic acid groups (broad SMARTS) is 1. The van der Waals surface area contributed by atoms with Crippen LogP contribution in [-0.2, 0) is 16.0 Å². The highest BCUT2D eigenvalue weighted by atomic mass is 16.4. The number of benzene rings is 1. The SMILES string of the molecule is NCCCCC(=O)N[C@H](Cc1ccc(O)cc1)C(=O)O. The van der Waals surface area contributed by atoms with Crippen molar-refractivity contribution in [3.05, 3.63) is 29.8 Å². The van der Waals surface area contributed by atoms with Crippen molar-refractivity contribution in [2.24, 2.45) is 5.73 Å². The third kappa shape index (κ3) is 5.71. The van der Waals surface area contributed by atoms with Crippen molar-refractivity contribution in [2.45, 2.75) is 31.7 Å². The summed E-state index contributed by atoms with van der Waals surface area (Å²) in [6, 6.07) is 5.26. The number of hydrogen-bond acceptors (Lipinski definition) is 4. The van der Waals surface area contributed by atoms with Crippen LogP contribution in [-0.4, -0.2) is 34.7 Å². The van der Waals surface area contributed by atoms with E-state index >= 15 is 0 Å². The standard InChI is InChI=1S/C14H20N2O4/c15-8-2-1-3-13(18)16-12(14(19)20)9-10-4-6-11(17)7-5-10/h4-7,12,17H,1-3,8-9,15H2,(H,16,18)(H,19,20)/t12-/m1/s1. The van der Waals surface area contributed by atoms with Gasteiger partial charge in [0.15, 0.2) is 0 Å². The van der Waals surface area contributed by atoms with Crippen LogP contribution in [0.15, 0.2) is 24.3 Å². The van der Waals surface area contributed by atoms with Gasteiger partial charge in [-0.25, -0.2) is 4.79 Å². The van der Waals surface area contributed by atoms with Crippen molar-refractivity contribution in [2.75, 3.05) is 6.54 Å². The van der Waals surface area contributed by atoms with Crippen LogP contribution in [0.5, 0.6) is 5.75 Å². The van der Waals surface area contributed by atoms with Crippen LogP contribution in [0.2, 0.25) is 0 Å². The number of nitrogens with two attached hydrogens (primary N) is 1. The number of amides is 1. The van der Waals surface area contributed by atoms with E-state index in [4.69, 9.17) is 15.9 Å². The maximum absolute atomic E-state index is 11.6. The molecular weight excluding hydrogens is 260 g/mol. The van der Waals surface area contributed by atoms with Gasteiger partial charge in [0.2, 0.25) is 5.91 Å². The van der Waals surface area contributed by atoms with Gasteiger partial charge in [0.05, 0.1) is 0 Å². The number of rotatable bonds is 8. The van der Waals surface area contributed by atoms with Crippen LogP contribution < -0.4 is 11.1 Å². The minimum Gasteiger partial charge on any atom is -0.508 e. The first-order chi connectivity index (χ1) is 9.52. The minimum absolute atomic E-state index is 0.117. The Morgan fingerprint density at radius 3 is 2.40 bits per heavy atom. The molecule has 0 aliphatic carbocycles. The fourth-order valence-corrected chi connectivity index (χ4v) is 1.76. The van der Waals surface area contributed by atoms with E-state index in [0.717, 1.165) is 12.0 Å². The molecule has 1 aromatic rings. The molecule has 20 heavy (non-hydrogen) atoms. The highest BCUT2D eigenvalue weighted by molar-refractivity contribution is 5.83.